The summed E-state index contributed by atoms with van der Waals surface area (Å²) in [4.78, 5) is 0. The van der Waals surface area contributed by atoms with Gasteiger partial charge in [-0.25, -0.2) is 0 Å². The van der Waals surface area contributed by atoms with E-state index in [1.165, 1.54) is 0 Å². The monoisotopic (exact) mass is 251 g/mol. The molecule has 0 aliphatic carbocycles. The van der Waals surface area contributed by atoms with Crippen molar-refractivity contribution in [1.29, 1.82) is 0 Å². The summed E-state index contributed by atoms with van der Waals surface area (Å²) in [6.45, 7) is 1.28. The molecule has 1 aromatic heterocycles. The Balaban J connectivity index is 1.84. The zero-order chi connectivity index (χ0) is 12.6. The van der Waals surface area contributed by atoms with Gasteiger partial charge in [-0.3, -0.25) is 0 Å². The number of piperidine rings is 1. The summed E-state index contributed by atoms with van der Waals surface area (Å²) in [6.07, 6.45) is 1.20. The summed E-state index contributed by atoms with van der Waals surface area (Å²) >= 11 is 0. The van der Waals surface area contributed by atoms with Crippen LogP contribution in [0.2, 0.25) is 0 Å². The second kappa shape index (κ2) is 4.46. The Hall–Kier alpha value is -1.24. The quantitative estimate of drug-likeness (QED) is 0.759. The zero-order valence-corrected chi connectivity index (χ0v) is 10.3. The number of nitrogens with one attached hydrogen (secondary N) is 1. The van der Waals surface area contributed by atoms with Crippen LogP contribution in [-0.2, 0) is 10.3 Å². The number of ether oxygens (including phenoxy) is 2. The second-order valence-corrected chi connectivity index (χ2v) is 5.00. The standard InChI is InChI=1S/C12H17N3O3/c1-17-11-3-2-10(14-15-11)12(16)4-8-6-18-7-9(5-12)13-8/h2-3,8-9,13,16H,4-7H2,1H3. The van der Waals surface area contributed by atoms with Crippen LogP contribution in [0.3, 0.4) is 0 Å². The van der Waals surface area contributed by atoms with Crippen molar-refractivity contribution in [2.45, 2.75) is 30.5 Å². The van der Waals surface area contributed by atoms with Gasteiger partial charge in [-0.1, -0.05) is 0 Å². The normalized spacial score (nSPS) is 35.2. The van der Waals surface area contributed by atoms with Gasteiger partial charge in [-0.2, -0.15) is 0 Å². The van der Waals surface area contributed by atoms with E-state index in [0.29, 0.717) is 37.6 Å². The number of aromatic nitrogens is 2. The number of fused-ring (bicyclic) bond motifs is 2. The molecule has 1 aromatic rings. The topological polar surface area (TPSA) is 76.5 Å². The molecule has 6 nitrogen and oxygen atoms in total. The minimum Gasteiger partial charge on any atom is -0.480 e. The number of hydrogen-bond donors (Lipinski definition) is 2. The number of hydrogen-bond acceptors (Lipinski definition) is 6. The van der Waals surface area contributed by atoms with Crippen LogP contribution in [-0.4, -0.2) is 47.7 Å². The second-order valence-electron chi connectivity index (χ2n) is 5.00. The number of nitrogens with zero attached hydrogens (tertiary/aromatic N) is 2. The van der Waals surface area contributed by atoms with Crippen LogP contribution in [0.5, 0.6) is 5.88 Å². The minimum absolute atomic E-state index is 0.186. The van der Waals surface area contributed by atoms with Crippen LogP contribution >= 0.6 is 0 Å². The van der Waals surface area contributed by atoms with Gasteiger partial charge in [-0.15, -0.1) is 10.2 Å². The lowest BCUT2D eigenvalue weighted by atomic mass is 9.80. The van der Waals surface area contributed by atoms with Crippen molar-refractivity contribution in [2.24, 2.45) is 0 Å². The van der Waals surface area contributed by atoms with Crippen LogP contribution < -0.4 is 10.1 Å². The van der Waals surface area contributed by atoms with Gasteiger partial charge in [0, 0.05) is 18.2 Å². The van der Waals surface area contributed by atoms with Gasteiger partial charge in [0.25, 0.3) is 0 Å². The molecule has 2 bridgehead atoms. The van der Waals surface area contributed by atoms with Gasteiger partial charge in [0.15, 0.2) is 0 Å². The van der Waals surface area contributed by atoms with Crippen LogP contribution in [0.1, 0.15) is 18.5 Å². The largest absolute Gasteiger partial charge is 0.480 e. The average Bonchev–Trinajstić information content (AvgIpc) is 2.38. The lowest BCUT2D eigenvalue weighted by Gasteiger charge is -2.44. The SMILES string of the molecule is COc1ccc(C2(O)CC3COCC(C2)N3)nn1. The highest BCUT2D eigenvalue weighted by Crippen LogP contribution is 2.35. The summed E-state index contributed by atoms with van der Waals surface area (Å²) in [5, 5.41) is 22.2. The van der Waals surface area contributed by atoms with E-state index in [4.69, 9.17) is 9.47 Å². The van der Waals surface area contributed by atoms with E-state index in [-0.39, 0.29) is 12.1 Å². The molecule has 2 saturated heterocycles. The summed E-state index contributed by atoms with van der Waals surface area (Å²) in [5.74, 6) is 0.458. The van der Waals surface area contributed by atoms with Gasteiger partial charge < -0.3 is 19.9 Å². The van der Waals surface area contributed by atoms with Crippen LogP contribution in [0.15, 0.2) is 12.1 Å². The molecule has 2 aliphatic rings. The minimum atomic E-state index is -0.913. The third-order valence-corrected chi connectivity index (χ3v) is 3.60. The first-order valence-electron chi connectivity index (χ1n) is 6.14. The third kappa shape index (κ3) is 2.07. The molecular formula is C12H17N3O3. The lowest BCUT2D eigenvalue weighted by Crippen LogP contribution is -2.58. The Morgan fingerprint density at radius 3 is 2.61 bits per heavy atom. The van der Waals surface area contributed by atoms with Crippen molar-refractivity contribution in [1.82, 2.24) is 15.5 Å². The van der Waals surface area contributed by atoms with Crippen molar-refractivity contribution in [2.75, 3.05) is 20.3 Å². The third-order valence-electron chi connectivity index (χ3n) is 3.60. The first kappa shape index (κ1) is 11.8. The first-order valence-corrected chi connectivity index (χ1v) is 6.14. The molecule has 0 radical (unpaired) electrons. The Morgan fingerprint density at radius 1 is 1.33 bits per heavy atom. The number of methoxy groups -OCH3 is 1. The maximum absolute atomic E-state index is 10.8. The number of aliphatic hydroxyl groups is 1. The number of morpholine rings is 1. The maximum Gasteiger partial charge on any atom is 0.233 e. The van der Waals surface area contributed by atoms with Gasteiger partial charge in [-0.05, 0) is 18.9 Å². The van der Waals surface area contributed by atoms with Gasteiger partial charge in [0.1, 0.15) is 5.60 Å². The van der Waals surface area contributed by atoms with Gasteiger partial charge in [0.05, 0.1) is 26.0 Å². The van der Waals surface area contributed by atoms with Crippen molar-refractivity contribution >= 4 is 0 Å². The van der Waals surface area contributed by atoms with Gasteiger partial charge in [0.2, 0.25) is 5.88 Å². The molecule has 2 unspecified atom stereocenters. The molecule has 0 saturated carbocycles. The van der Waals surface area contributed by atoms with E-state index in [1.54, 1.807) is 19.2 Å². The molecule has 2 atom stereocenters. The highest BCUT2D eigenvalue weighted by molar-refractivity contribution is 5.19. The van der Waals surface area contributed by atoms with Crippen LogP contribution in [0, 0.1) is 0 Å². The smallest absolute Gasteiger partial charge is 0.233 e. The molecule has 18 heavy (non-hydrogen) atoms. The molecule has 2 fully saturated rings. The van der Waals surface area contributed by atoms with E-state index in [1.807, 2.05) is 0 Å². The fourth-order valence-corrected chi connectivity index (χ4v) is 2.80. The zero-order valence-electron chi connectivity index (χ0n) is 10.3. The molecule has 2 N–H and O–H groups in total. The average molecular weight is 251 g/mol. The Kier molecular flexibility index (Phi) is 2.93. The summed E-state index contributed by atoms with van der Waals surface area (Å²) in [7, 11) is 1.55. The fraction of sp³-hybridized carbons (Fsp3) is 0.667. The summed E-state index contributed by atoms with van der Waals surface area (Å²) in [5.41, 5.74) is -0.300. The van der Waals surface area contributed by atoms with Crippen molar-refractivity contribution in [3.63, 3.8) is 0 Å². The molecule has 6 heteroatoms. The molecule has 0 aromatic carbocycles. The predicted molar refractivity (Wildman–Crippen MR) is 63.2 cm³/mol. The summed E-state index contributed by atoms with van der Waals surface area (Å²) in [6, 6.07) is 3.89. The summed E-state index contributed by atoms with van der Waals surface area (Å²) < 4.78 is 10.4. The predicted octanol–water partition coefficient (Wildman–Crippen LogP) is -0.176. The maximum atomic E-state index is 10.8. The van der Waals surface area contributed by atoms with E-state index in [9.17, 15) is 5.11 Å². The molecule has 0 spiro atoms. The molecule has 2 aliphatic heterocycles. The molecular weight excluding hydrogens is 234 g/mol. The molecule has 3 heterocycles. The Morgan fingerprint density at radius 2 is 2.06 bits per heavy atom. The van der Waals surface area contributed by atoms with E-state index in [2.05, 4.69) is 15.5 Å². The number of rotatable bonds is 2. The van der Waals surface area contributed by atoms with E-state index >= 15 is 0 Å². The molecule has 98 valence electrons. The van der Waals surface area contributed by atoms with Gasteiger partial charge >= 0.3 is 0 Å². The van der Waals surface area contributed by atoms with Crippen LogP contribution in [0.25, 0.3) is 0 Å². The first-order chi connectivity index (χ1) is 8.69. The van der Waals surface area contributed by atoms with Crippen molar-refractivity contribution in [3.05, 3.63) is 17.8 Å². The lowest BCUT2D eigenvalue weighted by molar-refractivity contribution is -0.0828. The highest BCUT2D eigenvalue weighted by Gasteiger charge is 2.43. The van der Waals surface area contributed by atoms with Crippen molar-refractivity contribution in [3.8, 4) is 5.88 Å². The highest BCUT2D eigenvalue weighted by atomic mass is 16.5. The Labute approximate surface area is 105 Å². The van der Waals surface area contributed by atoms with E-state index in [0.717, 1.165) is 0 Å². The molecule has 3 rings (SSSR count). The van der Waals surface area contributed by atoms with E-state index < -0.39 is 5.60 Å². The van der Waals surface area contributed by atoms with Crippen LogP contribution in [0.4, 0.5) is 0 Å². The Bertz CT molecular complexity index is 411. The fourth-order valence-electron chi connectivity index (χ4n) is 2.80. The molecule has 0 amide bonds. The van der Waals surface area contributed by atoms with Crippen molar-refractivity contribution < 1.29 is 14.6 Å².